The first-order chi connectivity index (χ1) is 20.0. The topological polar surface area (TPSA) is 142 Å². The van der Waals surface area contributed by atoms with Gasteiger partial charge in [-0.25, -0.2) is 9.97 Å². The van der Waals surface area contributed by atoms with E-state index in [1.54, 1.807) is 24.3 Å². The summed E-state index contributed by atoms with van der Waals surface area (Å²) >= 11 is 1.30. The lowest BCUT2D eigenvalue weighted by atomic mass is 9.97. The molecular formula is C32H25N5O3S. The van der Waals surface area contributed by atoms with Crippen molar-refractivity contribution in [2.45, 2.75) is 17.7 Å². The number of nitriles is 2. The molecule has 202 valence electrons. The van der Waals surface area contributed by atoms with Gasteiger partial charge in [0.1, 0.15) is 40.9 Å². The van der Waals surface area contributed by atoms with E-state index in [9.17, 15) is 10.5 Å². The zero-order chi connectivity index (χ0) is 28.8. The number of nitrogens with two attached hydrogens (primary N) is 1. The number of anilines is 1. The normalized spacial score (nSPS) is 10.6. The number of hydrogen-bond donors (Lipinski definition) is 2. The summed E-state index contributed by atoms with van der Waals surface area (Å²) in [4.78, 5) is 9.25. The molecule has 2 heterocycles. The fourth-order valence-electron chi connectivity index (χ4n) is 4.29. The maximum absolute atomic E-state index is 10.2. The Labute approximate surface area is 241 Å². The molecule has 0 aliphatic carbocycles. The molecule has 41 heavy (non-hydrogen) atoms. The molecule has 0 aliphatic rings. The van der Waals surface area contributed by atoms with Gasteiger partial charge in [0.05, 0.1) is 17.9 Å². The number of ether oxygens (including phenoxy) is 1. The van der Waals surface area contributed by atoms with Crippen molar-refractivity contribution in [3.8, 4) is 51.8 Å². The van der Waals surface area contributed by atoms with E-state index in [1.807, 2.05) is 61.5 Å². The van der Waals surface area contributed by atoms with Gasteiger partial charge in [-0.05, 0) is 36.8 Å². The first kappa shape index (κ1) is 27.5. The molecule has 0 unspecified atom stereocenters. The summed E-state index contributed by atoms with van der Waals surface area (Å²) < 4.78 is 11.7. The van der Waals surface area contributed by atoms with Crippen molar-refractivity contribution >= 4 is 17.6 Å². The first-order valence-corrected chi connectivity index (χ1v) is 13.7. The lowest BCUT2D eigenvalue weighted by molar-refractivity contribution is 0.201. The third-order valence-corrected chi connectivity index (χ3v) is 7.28. The van der Waals surface area contributed by atoms with Crippen molar-refractivity contribution in [2.24, 2.45) is 0 Å². The van der Waals surface area contributed by atoms with Crippen molar-refractivity contribution in [1.29, 1.82) is 10.5 Å². The molecule has 0 saturated carbocycles. The van der Waals surface area contributed by atoms with Crippen LogP contribution in [-0.2, 0) is 5.75 Å². The van der Waals surface area contributed by atoms with Crippen LogP contribution in [0.5, 0.6) is 5.75 Å². The third-order valence-electron chi connectivity index (χ3n) is 6.30. The van der Waals surface area contributed by atoms with Crippen LogP contribution >= 0.6 is 11.8 Å². The molecule has 5 rings (SSSR count). The molecule has 3 N–H and O–H groups in total. The monoisotopic (exact) mass is 559 g/mol. The van der Waals surface area contributed by atoms with E-state index in [0.29, 0.717) is 45.0 Å². The van der Waals surface area contributed by atoms with Crippen molar-refractivity contribution < 1.29 is 14.3 Å². The lowest BCUT2D eigenvalue weighted by Crippen LogP contribution is -2.04. The van der Waals surface area contributed by atoms with Gasteiger partial charge >= 0.3 is 0 Å². The van der Waals surface area contributed by atoms with Gasteiger partial charge in [-0.15, -0.1) is 0 Å². The fraction of sp³-hybridized carbons (Fsp3) is 0.125. The second kappa shape index (κ2) is 12.4. The molecule has 0 aliphatic heterocycles. The van der Waals surface area contributed by atoms with Crippen LogP contribution in [0.1, 0.15) is 22.4 Å². The second-order valence-corrected chi connectivity index (χ2v) is 10.0. The smallest absolute Gasteiger partial charge is 0.227 e. The number of benzene rings is 3. The van der Waals surface area contributed by atoms with Crippen LogP contribution in [0.3, 0.4) is 0 Å². The Balaban J connectivity index is 1.53. The molecule has 0 amide bonds. The highest BCUT2D eigenvalue weighted by Gasteiger charge is 2.23. The summed E-state index contributed by atoms with van der Waals surface area (Å²) in [7, 11) is 0. The van der Waals surface area contributed by atoms with E-state index in [2.05, 4.69) is 17.1 Å². The number of thioether (sulfide) groups is 1. The molecule has 0 saturated heterocycles. The lowest BCUT2D eigenvalue weighted by Gasteiger charge is -2.13. The molecule has 3 aromatic carbocycles. The van der Waals surface area contributed by atoms with Crippen molar-refractivity contribution in [3.63, 3.8) is 0 Å². The number of oxazole rings is 1. The van der Waals surface area contributed by atoms with Crippen LogP contribution in [0.15, 0.2) is 88.3 Å². The van der Waals surface area contributed by atoms with Crippen LogP contribution < -0.4 is 10.5 Å². The van der Waals surface area contributed by atoms with E-state index >= 15 is 0 Å². The van der Waals surface area contributed by atoms with Gasteiger partial charge in [0.2, 0.25) is 5.89 Å². The predicted molar refractivity (Wildman–Crippen MR) is 158 cm³/mol. The number of nitrogens with zero attached hydrogens (tertiary/aromatic N) is 4. The van der Waals surface area contributed by atoms with Crippen molar-refractivity contribution in [1.82, 2.24) is 9.97 Å². The number of nitrogen functional groups attached to an aromatic ring is 1. The summed E-state index contributed by atoms with van der Waals surface area (Å²) in [6, 6.07) is 28.9. The largest absolute Gasteiger partial charge is 0.491 e. The van der Waals surface area contributed by atoms with Gasteiger partial charge in [-0.3, -0.25) is 0 Å². The SMILES string of the molecule is Cc1ccc(-c2nc(CSc3nc(N)c(C#N)c(-c4ccc(OCCO)cc4)c3C#N)c(-c3ccccc3)o2)cc1. The van der Waals surface area contributed by atoms with Gasteiger partial charge in [0, 0.05) is 22.4 Å². The first-order valence-electron chi connectivity index (χ1n) is 12.7. The number of aliphatic hydroxyl groups is 1. The minimum Gasteiger partial charge on any atom is -0.491 e. The van der Waals surface area contributed by atoms with Crippen molar-refractivity contribution in [3.05, 3.63) is 101 Å². The van der Waals surface area contributed by atoms with Gasteiger partial charge in [-0.2, -0.15) is 10.5 Å². The summed E-state index contributed by atoms with van der Waals surface area (Å²) in [5, 5.41) is 29.5. The van der Waals surface area contributed by atoms with Gasteiger partial charge < -0.3 is 20.0 Å². The highest BCUT2D eigenvalue weighted by molar-refractivity contribution is 7.98. The minimum atomic E-state index is -0.107. The Hall–Kier alpha value is -5.09. The molecule has 0 radical (unpaired) electrons. The van der Waals surface area contributed by atoms with Crippen molar-refractivity contribution in [2.75, 3.05) is 18.9 Å². The van der Waals surface area contributed by atoms with Crippen LogP contribution in [-0.4, -0.2) is 28.3 Å². The Morgan fingerprint density at radius 2 is 1.56 bits per heavy atom. The standard InChI is InChI=1S/C32H25N5O3S/c1-20-7-9-23(10-8-20)31-36-27(29(40-31)22-5-3-2-4-6-22)19-41-32-26(18-34)28(25(17-33)30(35)37-32)21-11-13-24(14-12-21)39-16-15-38/h2-14,38H,15-16,19H2,1H3,(H2,35,37). The summed E-state index contributed by atoms with van der Waals surface area (Å²) in [6.07, 6.45) is 0. The second-order valence-electron chi connectivity index (χ2n) is 9.06. The number of rotatable bonds is 9. The average Bonchev–Trinajstić information content (AvgIpc) is 3.44. The maximum Gasteiger partial charge on any atom is 0.227 e. The molecular weight excluding hydrogens is 534 g/mol. The molecule has 0 fully saturated rings. The molecule has 0 spiro atoms. The molecule has 0 bridgehead atoms. The molecule has 0 atom stereocenters. The number of hydrogen-bond acceptors (Lipinski definition) is 9. The van der Waals surface area contributed by atoms with E-state index in [0.717, 1.165) is 16.7 Å². The van der Waals surface area contributed by atoms with Gasteiger partial charge in [0.15, 0.2) is 5.76 Å². The minimum absolute atomic E-state index is 0.0355. The Bertz CT molecular complexity index is 1750. The van der Waals surface area contributed by atoms with E-state index in [-0.39, 0.29) is 30.2 Å². The zero-order valence-corrected chi connectivity index (χ0v) is 23.0. The predicted octanol–water partition coefficient (Wildman–Crippen LogP) is 6.37. The van der Waals surface area contributed by atoms with E-state index < -0.39 is 0 Å². The third kappa shape index (κ3) is 5.92. The maximum atomic E-state index is 10.2. The van der Waals surface area contributed by atoms with E-state index in [4.69, 9.17) is 25.0 Å². The molecule has 9 heteroatoms. The van der Waals surface area contributed by atoms with Gasteiger partial charge in [-0.1, -0.05) is 71.9 Å². The summed E-state index contributed by atoms with van der Waals surface area (Å²) in [5.74, 6) is 2.07. The Kier molecular flexibility index (Phi) is 8.31. The van der Waals surface area contributed by atoms with Crippen LogP contribution in [0.25, 0.3) is 33.9 Å². The molecule has 5 aromatic rings. The Morgan fingerprint density at radius 3 is 2.22 bits per heavy atom. The number of aromatic nitrogens is 2. The van der Waals surface area contributed by atoms with Crippen LogP contribution in [0.2, 0.25) is 0 Å². The van der Waals surface area contributed by atoms with Crippen LogP contribution in [0, 0.1) is 29.6 Å². The summed E-state index contributed by atoms with van der Waals surface area (Å²) in [6.45, 7) is 2.08. The van der Waals surface area contributed by atoms with Gasteiger partial charge in [0.25, 0.3) is 0 Å². The van der Waals surface area contributed by atoms with Crippen LogP contribution in [0.4, 0.5) is 5.82 Å². The quantitative estimate of drug-likeness (QED) is 0.197. The fourth-order valence-corrected chi connectivity index (χ4v) is 5.22. The number of aryl methyl sites for hydroxylation is 1. The highest BCUT2D eigenvalue weighted by atomic mass is 32.2. The van der Waals surface area contributed by atoms with E-state index in [1.165, 1.54) is 11.8 Å². The number of aliphatic hydroxyl groups excluding tert-OH is 1. The molecule has 2 aromatic heterocycles. The Morgan fingerprint density at radius 1 is 0.878 bits per heavy atom. The average molecular weight is 560 g/mol. The molecule has 8 nitrogen and oxygen atoms in total. The number of pyridine rings is 1. The zero-order valence-electron chi connectivity index (χ0n) is 22.2. The summed E-state index contributed by atoms with van der Waals surface area (Å²) in [5.41, 5.74) is 11.2. The highest BCUT2D eigenvalue weighted by Crippen LogP contribution is 2.39.